The number of fused-ring (bicyclic) bond motifs is 2. The molecule has 2 heterocycles. The molecule has 0 saturated heterocycles. The molecule has 31 heavy (non-hydrogen) atoms. The molecule has 0 bridgehead atoms. The van der Waals surface area contributed by atoms with Gasteiger partial charge in [0.25, 0.3) is 5.69 Å². The van der Waals surface area contributed by atoms with Crippen LogP contribution in [-0.4, -0.2) is 17.8 Å². The van der Waals surface area contributed by atoms with Crippen molar-refractivity contribution in [2.75, 3.05) is 12.0 Å². The third kappa shape index (κ3) is 2.57. The molecule has 2 aliphatic heterocycles. The second-order valence-corrected chi connectivity index (χ2v) is 8.27. The zero-order chi connectivity index (χ0) is 21.8. The van der Waals surface area contributed by atoms with Crippen molar-refractivity contribution in [2.24, 2.45) is 0 Å². The number of methoxy groups -OCH3 is 1. The Balaban J connectivity index is 1.76. The summed E-state index contributed by atoms with van der Waals surface area (Å²) in [5, 5.41) is 11.4. The molecule has 3 aromatic rings. The summed E-state index contributed by atoms with van der Waals surface area (Å²) in [6.07, 6.45) is 3.91. The van der Waals surface area contributed by atoms with Gasteiger partial charge in [0.05, 0.1) is 23.5 Å². The summed E-state index contributed by atoms with van der Waals surface area (Å²) in [5.74, 6) is 0.838. The van der Waals surface area contributed by atoms with E-state index in [4.69, 9.17) is 9.47 Å². The average Bonchev–Trinajstić information content (AvgIpc) is 2.97. The van der Waals surface area contributed by atoms with Crippen LogP contribution in [0.2, 0.25) is 0 Å². The lowest BCUT2D eigenvalue weighted by atomic mass is 9.76. The number of non-ortho nitro benzene ring substituents is 1. The van der Waals surface area contributed by atoms with Gasteiger partial charge in [-0.2, -0.15) is 0 Å². The fourth-order valence-corrected chi connectivity index (χ4v) is 4.70. The van der Waals surface area contributed by atoms with Gasteiger partial charge in [-0.15, -0.1) is 0 Å². The number of hydrogen-bond donors (Lipinski definition) is 0. The second-order valence-electron chi connectivity index (χ2n) is 8.27. The van der Waals surface area contributed by atoms with E-state index < -0.39 is 16.1 Å². The van der Waals surface area contributed by atoms with E-state index in [-0.39, 0.29) is 5.69 Å². The number of rotatable bonds is 3. The molecule has 0 aliphatic carbocycles. The van der Waals surface area contributed by atoms with Crippen molar-refractivity contribution in [3.63, 3.8) is 0 Å². The minimum Gasteiger partial charge on any atom is -0.493 e. The van der Waals surface area contributed by atoms with Gasteiger partial charge in [-0.25, -0.2) is 0 Å². The SMILES string of the molecule is COc1cc([N+](=O)[O-])cc2c1O[C@@]1(C=C2)N(c2ccccc2)c2ccccc2C1(C)C. The summed E-state index contributed by atoms with van der Waals surface area (Å²) in [6.45, 7) is 4.31. The van der Waals surface area contributed by atoms with Crippen LogP contribution < -0.4 is 14.4 Å². The topological polar surface area (TPSA) is 64.8 Å². The smallest absolute Gasteiger partial charge is 0.274 e. The Bertz CT molecular complexity index is 1220. The Morgan fingerprint density at radius 2 is 1.74 bits per heavy atom. The van der Waals surface area contributed by atoms with Crippen LogP contribution in [-0.2, 0) is 5.41 Å². The number of para-hydroxylation sites is 2. The van der Waals surface area contributed by atoms with E-state index in [1.54, 1.807) is 0 Å². The maximum atomic E-state index is 11.4. The maximum Gasteiger partial charge on any atom is 0.274 e. The average molecular weight is 414 g/mol. The molecule has 0 N–H and O–H groups in total. The van der Waals surface area contributed by atoms with Crippen molar-refractivity contribution in [1.82, 2.24) is 0 Å². The largest absolute Gasteiger partial charge is 0.493 e. The molecule has 3 aromatic carbocycles. The predicted molar refractivity (Wildman–Crippen MR) is 120 cm³/mol. The van der Waals surface area contributed by atoms with Gasteiger partial charge in [0.15, 0.2) is 11.5 Å². The fourth-order valence-electron chi connectivity index (χ4n) is 4.70. The van der Waals surface area contributed by atoms with Crippen LogP contribution in [0.3, 0.4) is 0 Å². The van der Waals surface area contributed by atoms with Crippen molar-refractivity contribution in [3.05, 3.63) is 94.0 Å². The highest BCUT2D eigenvalue weighted by Crippen LogP contribution is 2.58. The van der Waals surface area contributed by atoms with Crippen LogP contribution >= 0.6 is 0 Å². The zero-order valence-corrected chi connectivity index (χ0v) is 17.5. The fraction of sp³-hybridized carbons (Fsp3) is 0.200. The third-order valence-corrected chi connectivity index (χ3v) is 6.31. The van der Waals surface area contributed by atoms with E-state index in [1.165, 1.54) is 19.2 Å². The Labute approximate surface area is 180 Å². The van der Waals surface area contributed by atoms with Crippen LogP contribution in [0.5, 0.6) is 11.5 Å². The first-order valence-corrected chi connectivity index (χ1v) is 10.1. The van der Waals surface area contributed by atoms with Crippen LogP contribution in [0.15, 0.2) is 72.8 Å². The van der Waals surface area contributed by atoms with Gasteiger partial charge in [-0.1, -0.05) is 36.4 Å². The molecule has 6 nitrogen and oxygen atoms in total. The van der Waals surface area contributed by atoms with Crippen molar-refractivity contribution in [2.45, 2.75) is 25.0 Å². The Kier molecular flexibility index (Phi) is 4.09. The van der Waals surface area contributed by atoms with Gasteiger partial charge in [0, 0.05) is 23.0 Å². The van der Waals surface area contributed by atoms with Gasteiger partial charge in [0.2, 0.25) is 5.72 Å². The van der Waals surface area contributed by atoms with E-state index in [0.29, 0.717) is 17.1 Å². The number of nitrogens with zero attached hydrogens (tertiary/aromatic N) is 2. The molecule has 2 aliphatic rings. The number of nitro benzene ring substituents is 1. The number of ether oxygens (including phenoxy) is 2. The van der Waals surface area contributed by atoms with Crippen LogP contribution in [0.4, 0.5) is 17.1 Å². The first-order chi connectivity index (χ1) is 14.9. The van der Waals surface area contributed by atoms with Crippen molar-refractivity contribution in [3.8, 4) is 11.5 Å². The second kappa shape index (κ2) is 6.60. The standard InChI is InChI=1S/C25H22N2O4/c1-24(2)20-11-7-8-12-21(20)26(18-9-5-4-6-10-18)25(24)14-13-17-15-19(27(28)29)16-22(30-3)23(17)31-25/h4-16H,1-3H3/t25-/m1/s1. The van der Waals surface area contributed by atoms with E-state index >= 15 is 0 Å². The van der Waals surface area contributed by atoms with E-state index in [2.05, 4.69) is 43.0 Å². The van der Waals surface area contributed by atoms with Crippen molar-refractivity contribution < 1.29 is 14.4 Å². The van der Waals surface area contributed by atoms with Crippen LogP contribution in [0.25, 0.3) is 6.08 Å². The molecule has 0 amide bonds. The molecule has 156 valence electrons. The van der Waals surface area contributed by atoms with Gasteiger partial charge in [-0.05, 0) is 49.8 Å². The molecule has 0 fully saturated rings. The van der Waals surface area contributed by atoms with E-state index in [1.807, 2.05) is 42.5 Å². The van der Waals surface area contributed by atoms with Crippen LogP contribution in [0.1, 0.15) is 25.0 Å². The molecular formula is C25H22N2O4. The molecular weight excluding hydrogens is 392 g/mol. The number of benzene rings is 3. The maximum absolute atomic E-state index is 11.4. The first kappa shape index (κ1) is 19.2. The molecule has 0 radical (unpaired) electrons. The Hall–Kier alpha value is -3.80. The van der Waals surface area contributed by atoms with E-state index in [9.17, 15) is 10.1 Å². The molecule has 1 atom stereocenters. The molecule has 6 heteroatoms. The lowest BCUT2D eigenvalue weighted by Crippen LogP contribution is -2.57. The Morgan fingerprint density at radius 1 is 1.03 bits per heavy atom. The lowest BCUT2D eigenvalue weighted by Gasteiger charge is -2.47. The molecule has 5 rings (SSSR count). The third-order valence-electron chi connectivity index (χ3n) is 6.31. The molecule has 0 unspecified atom stereocenters. The van der Waals surface area contributed by atoms with Crippen molar-refractivity contribution >= 4 is 23.1 Å². The zero-order valence-electron chi connectivity index (χ0n) is 17.5. The van der Waals surface area contributed by atoms with Gasteiger partial charge in [-0.3, -0.25) is 15.0 Å². The number of hydrogen-bond acceptors (Lipinski definition) is 5. The van der Waals surface area contributed by atoms with Crippen molar-refractivity contribution in [1.29, 1.82) is 0 Å². The lowest BCUT2D eigenvalue weighted by molar-refractivity contribution is -0.385. The quantitative estimate of drug-likeness (QED) is 0.398. The summed E-state index contributed by atoms with van der Waals surface area (Å²) in [6, 6.07) is 21.3. The normalized spacial score (nSPS) is 20.2. The van der Waals surface area contributed by atoms with Gasteiger partial charge >= 0.3 is 0 Å². The minimum absolute atomic E-state index is 0.0336. The van der Waals surface area contributed by atoms with Gasteiger partial charge in [0.1, 0.15) is 0 Å². The first-order valence-electron chi connectivity index (χ1n) is 10.1. The van der Waals surface area contributed by atoms with Gasteiger partial charge < -0.3 is 9.47 Å². The summed E-state index contributed by atoms with van der Waals surface area (Å²) < 4.78 is 12.3. The summed E-state index contributed by atoms with van der Waals surface area (Å²) in [4.78, 5) is 13.1. The number of anilines is 2. The predicted octanol–water partition coefficient (Wildman–Crippen LogP) is 5.83. The highest BCUT2D eigenvalue weighted by Gasteiger charge is 2.59. The highest BCUT2D eigenvalue weighted by atomic mass is 16.6. The summed E-state index contributed by atoms with van der Waals surface area (Å²) in [7, 11) is 1.50. The number of nitro groups is 1. The van der Waals surface area contributed by atoms with Crippen LogP contribution in [0, 0.1) is 10.1 Å². The minimum atomic E-state index is -0.881. The Morgan fingerprint density at radius 3 is 2.45 bits per heavy atom. The summed E-state index contributed by atoms with van der Waals surface area (Å²) in [5.41, 5.74) is 2.50. The molecule has 0 saturated carbocycles. The molecule has 0 aromatic heterocycles. The molecule has 1 spiro atoms. The highest BCUT2D eigenvalue weighted by molar-refractivity contribution is 5.80. The van der Waals surface area contributed by atoms with E-state index in [0.717, 1.165) is 16.9 Å². The summed E-state index contributed by atoms with van der Waals surface area (Å²) >= 11 is 0. The monoisotopic (exact) mass is 414 g/mol.